The van der Waals surface area contributed by atoms with Crippen LogP contribution >= 0.6 is 0 Å². The smallest absolute Gasteiger partial charge is 0.285 e. The summed E-state index contributed by atoms with van der Waals surface area (Å²) in [5, 5.41) is 3.45. The highest BCUT2D eigenvalue weighted by atomic mass is 19.3. The predicted molar refractivity (Wildman–Crippen MR) is 35.3 cm³/mol. The number of methoxy groups -OCH3 is 1. The fourth-order valence-electron chi connectivity index (χ4n) is 0.800. The molecule has 3 nitrogen and oxygen atoms in total. The summed E-state index contributed by atoms with van der Waals surface area (Å²) in [6.45, 7) is 1.57. The summed E-state index contributed by atoms with van der Waals surface area (Å²) in [5.41, 5.74) is 3.27. The molecule has 1 heterocycles. The van der Waals surface area contributed by atoms with Gasteiger partial charge in [0.05, 0.1) is 7.11 Å². The molecule has 0 aliphatic carbocycles. The Morgan fingerprint density at radius 1 is 1.45 bits per heavy atom. The van der Waals surface area contributed by atoms with Crippen molar-refractivity contribution >= 4 is 5.71 Å². The second-order valence-electron chi connectivity index (χ2n) is 2.00. The second-order valence-corrected chi connectivity index (χ2v) is 2.00. The fraction of sp³-hybridized carbons (Fsp3) is 0.500. The van der Waals surface area contributed by atoms with Gasteiger partial charge in [0.1, 0.15) is 5.71 Å². The SMILES string of the molecule is COC1=C(C(F)F)[N]N=C1C. The standard InChI is InChI=1S/C6H7F2N2O/c1-3-5(11-2)4(6(7)8)10-9-3/h6H,1-2H3. The third-order valence-electron chi connectivity index (χ3n) is 1.28. The molecule has 1 rings (SSSR count). The van der Waals surface area contributed by atoms with Gasteiger partial charge in [0.25, 0.3) is 6.43 Å². The third kappa shape index (κ3) is 1.31. The lowest BCUT2D eigenvalue weighted by molar-refractivity contribution is 0.170. The summed E-state index contributed by atoms with van der Waals surface area (Å²) < 4.78 is 28.8. The molecule has 0 bridgehead atoms. The Morgan fingerprint density at radius 2 is 2.09 bits per heavy atom. The first-order chi connectivity index (χ1) is 5.16. The number of nitrogens with zero attached hydrogens (tertiary/aromatic N) is 2. The van der Waals surface area contributed by atoms with Crippen molar-refractivity contribution in [2.45, 2.75) is 13.3 Å². The highest BCUT2D eigenvalue weighted by molar-refractivity contribution is 5.98. The molecule has 0 N–H and O–H groups in total. The molecule has 0 saturated heterocycles. The minimum absolute atomic E-state index is 0.0833. The average molecular weight is 161 g/mol. The number of hydrogen-bond donors (Lipinski definition) is 0. The molecule has 0 amide bonds. The van der Waals surface area contributed by atoms with Gasteiger partial charge in [-0.25, -0.2) is 8.78 Å². The van der Waals surface area contributed by atoms with Gasteiger partial charge in [0.2, 0.25) is 0 Å². The first-order valence-electron chi connectivity index (χ1n) is 2.98. The maximum atomic E-state index is 12.0. The van der Waals surface area contributed by atoms with E-state index in [1.807, 2.05) is 0 Å². The molecule has 0 fully saturated rings. The Hall–Kier alpha value is -1.13. The van der Waals surface area contributed by atoms with Gasteiger partial charge >= 0.3 is 0 Å². The van der Waals surface area contributed by atoms with Crippen LogP contribution in [0.3, 0.4) is 0 Å². The number of ether oxygens (including phenoxy) is 1. The first kappa shape index (κ1) is 7.97. The van der Waals surface area contributed by atoms with Crippen LogP contribution in [0.25, 0.3) is 0 Å². The van der Waals surface area contributed by atoms with Gasteiger partial charge < -0.3 is 4.74 Å². The van der Waals surface area contributed by atoms with E-state index in [4.69, 9.17) is 0 Å². The molecule has 1 aliphatic rings. The molecule has 5 heteroatoms. The molecule has 0 unspecified atom stereocenters. The van der Waals surface area contributed by atoms with Crippen LogP contribution in [0.1, 0.15) is 6.92 Å². The van der Waals surface area contributed by atoms with Gasteiger partial charge in [0.15, 0.2) is 11.5 Å². The quantitative estimate of drug-likeness (QED) is 0.597. The molecule has 0 atom stereocenters. The van der Waals surface area contributed by atoms with E-state index in [1.165, 1.54) is 7.11 Å². The highest BCUT2D eigenvalue weighted by Crippen LogP contribution is 2.19. The molecule has 0 saturated carbocycles. The summed E-state index contributed by atoms with van der Waals surface area (Å²) in [5.74, 6) is 0.0833. The van der Waals surface area contributed by atoms with Crippen LogP contribution in [-0.2, 0) is 4.74 Å². The zero-order valence-electron chi connectivity index (χ0n) is 6.14. The zero-order chi connectivity index (χ0) is 8.43. The summed E-state index contributed by atoms with van der Waals surface area (Å²) in [6.07, 6.45) is -2.62. The van der Waals surface area contributed by atoms with Crippen LogP contribution in [0.4, 0.5) is 8.78 Å². The van der Waals surface area contributed by atoms with Crippen molar-refractivity contribution in [3.63, 3.8) is 0 Å². The van der Waals surface area contributed by atoms with Crippen LogP contribution in [0, 0.1) is 0 Å². The third-order valence-corrected chi connectivity index (χ3v) is 1.28. The van der Waals surface area contributed by atoms with E-state index in [9.17, 15) is 8.78 Å². The first-order valence-corrected chi connectivity index (χ1v) is 2.98. The van der Waals surface area contributed by atoms with Crippen LogP contribution in [0.15, 0.2) is 16.6 Å². The van der Waals surface area contributed by atoms with E-state index < -0.39 is 6.43 Å². The molecule has 61 valence electrons. The van der Waals surface area contributed by atoms with Crippen molar-refractivity contribution in [3.8, 4) is 0 Å². The normalized spacial score (nSPS) is 17.0. The average Bonchev–Trinajstić information content (AvgIpc) is 2.30. The molecule has 0 aromatic carbocycles. The van der Waals surface area contributed by atoms with E-state index in [0.29, 0.717) is 5.71 Å². The van der Waals surface area contributed by atoms with Crippen molar-refractivity contribution in [3.05, 3.63) is 11.5 Å². The number of halogens is 2. The van der Waals surface area contributed by atoms with Crippen molar-refractivity contribution in [1.82, 2.24) is 5.43 Å². The number of rotatable bonds is 2. The van der Waals surface area contributed by atoms with Crippen molar-refractivity contribution in [1.29, 1.82) is 0 Å². The van der Waals surface area contributed by atoms with Gasteiger partial charge in [0, 0.05) is 0 Å². The van der Waals surface area contributed by atoms with Gasteiger partial charge in [-0.1, -0.05) is 0 Å². The van der Waals surface area contributed by atoms with Gasteiger partial charge in [-0.3, -0.25) is 0 Å². The van der Waals surface area contributed by atoms with E-state index in [-0.39, 0.29) is 11.5 Å². The topological polar surface area (TPSA) is 35.7 Å². The molecule has 1 aliphatic heterocycles. The molecular weight excluding hydrogens is 154 g/mol. The summed E-state index contributed by atoms with van der Waals surface area (Å²) in [6, 6.07) is 0. The zero-order valence-corrected chi connectivity index (χ0v) is 6.14. The number of allylic oxidation sites excluding steroid dienone is 2. The lowest BCUT2D eigenvalue weighted by Gasteiger charge is -2.01. The molecule has 1 radical (unpaired) electrons. The van der Waals surface area contributed by atoms with Gasteiger partial charge in [-0.05, 0) is 6.92 Å². The molecule has 11 heavy (non-hydrogen) atoms. The highest BCUT2D eigenvalue weighted by Gasteiger charge is 2.26. The van der Waals surface area contributed by atoms with E-state index in [1.54, 1.807) is 6.92 Å². The molecule has 0 spiro atoms. The van der Waals surface area contributed by atoms with Crippen LogP contribution in [0.2, 0.25) is 0 Å². The van der Waals surface area contributed by atoms with Gasteiger partial charge in [-0.15, -0.1) is 5.43 Å². The van der Waals surface area contributed by atoms with Crippen LogP contribution in [-0.4, -0.2) is 19.2 Å². The second kappa shape index (κ2) is 2.86. The number of alkyl halides is 2. The maximum absolute atomic E-state index is 12.0. The minimum Gasteiger partial charge on any atom is -0.493 e. The Labute approximate surface area is 62.7 Å². The van der Waals surface area contributed by atoms with E-state index >= 15 is 0 Å². The van der Waals surface area contributed by atoms with Gasteiger partial charge in [-0.2, -0.15) is 5.10 Å². The fourth-order valence-corrected chi connectivity index (χ4v) is 0.800. The summed E-state index contributed by atoms with van der Waals surface area (Å²) >= 11 is 0. The van der Waals surface area contributed by atoms with Crippen molar-refractivity contribution in [2.75, 3.05) is 7.11 Å². The lowest BCUT2D eigenvalue weighted by Crippen LogP contribution is -2.07. The van der Waals surface area contributed by atoms with Crippen molar-refractivity contribution in [2.24, 2.45) is 5.10 Å². The molecule has 0 aromatic rings. The van der Waals surface area contributed by atoms with Crippen LogP contribution in [0.5, 0.6) is 0 Å². The lowest BCUT2D eigenvalue weighted by atomic mass is 10.3. The predicted octanol–water partition coefficient (Wildman–Crippen LogP) is 1.10. The van der Waals surface area contributed by atoms with Crippen molar-refractivity contribution < 1.29 is 13.5 Å². The largest absolute Gasteiger partial charge is 0.493 e. The minimum atomic E-state index is -2.62. The number of hydrogen-bond acceptors (Lipinski definition) is 2. The van der Waals surface area contributed by atoms with Crippen LogP contribution < -0.4 is 5.43 Å². The maximum Gasteiger partial charge on any atom is 0.285 e. The monoisotopic (exact) mass is 161 g/mol. The Morgan fingerprint density at radius 3 is 2.45 bits per heavy atom. The Bertz CT molecular complexity index is 223. The van der Waals surface area contributed by atoms with E-state index in [0.717, 1.165) is 0 Å². The Kier molecular flexibility index (Phi) is 2.07. The van der Waals surface area contributed by atoms with E-state index in [2.05, 4.69) is 15.3 Å². The Balaban J connectivity index is 2.88. The summed E-state index contributed by atoms with van der Waals surface area (Å²) in [4.78, 5) is 0. The molecular formula is C6H7F2N2O. The summed E-state index contributed by atoms with van der Waals surface area (Å²) in [7, 11) is 1.32. The molecule has 0 aromatic heterocycles.